The fraction of sp³-hybridized carbons (Fsp3) is 0.0714. The van der Waals surface area contributed by atoms with Crippen molar-refractivity contribution in [2.75, 3.05) is 12.4 Å². The minimum absolute atomic E-state index is 0.507. The van der Waals surface area contributed by atoms with E-state index in [9.17, 15) is 5.26 Å². The Morgan fingerprint density at radius 3 is 2.84 bits per heavy atom. The molecule has 19 heavy (non-hydrogen) atoms. The Balaban J connectivity index is 2.39. The van der Waals surface area contributed by atoms with Crippen molar-refractivity contribution in [3.63, 3.8) is 0 Å². The van der Waals surface area contributed by atoms with Gasteiger partial charge in [0.05, 0.1) is 16.9 Å². The van der Waals surface area contributed by atoms with Crippen LogP contribution in [0, 0.1) is 11.3 Å². The zero-order chi connectivity index (χ0) is 13.2. The summed E-state index contributed by atoms with van der Waals surface area (Å²) in [6.07, 6.45) is 3.54. The molecule has 92 valence electrons. The zero-order valence-corrected chi connectivity index (χ0v) is 10.3. The predicted molar refractivity (Wildman–Crippen MR) is 72.7 cm³/mol. The maximum absolute atomic E-state index is 9.42. The molecule has 5 heteroatoms. The van der Waals surface area contributed by atoms with Gasteiger partial charge in [-0.15, -0.1) is 0 Å². The molecule has 0 bridgehead atoms. The van der Waals surface area contributed by atoms with Crippen LogP contribution in [0.1, 0.15) is 5.56 Å². The Morgan fingerprint density at radius 2 is 2.16 bits per heavy atom. The number of nitriles is 1. The largest absolute Gasteiger partial charge is 0.385 e. The molecule has 0 aliphatic rings. The summed E-state index contributed by atoms with van der Waals surface area (Å²) in [6.45, 7) is 0. The number of hydrogen-bond donors (Lipinski definition) is 1. The molecule has 0 aliphatic heterocycles. The normalized spacial score (nSPS) is 10.3. The van der Waals surface area contributed by atoms with Crippen LogP contribution in [0.25, 0.3) is 16.9 Å². The number of pyridine rings is 1. The lowest BCUT2D eigenvalue weighted by Crippen LogP contribution is -2.04. The van der Waals surface area contributed by atoms with E-state index in [1.165, 1.54) is 0 Å². The maximum atomic E-state index is 9.42. The third-order valence-corrected chi connectivity index (χ3v) is 2.95. The van der Waals surface area contributed by atoms with Crippen molar-refractivity contribution in [1.82, 2.24) is 14.6 Å². The number of hydrogen-bond acceptors (Lipinski definition) is 4. The third-order valence-electron chi connectivity index (χ3n) is 2.95. The lowest BCUT2D eigenvalue weighted by molar-refractivity contribution is 0.940. The van der Waals surface area contributed by atoms with Crippen LogP contribution < -0.4 is 5.32 Å². The molecule has 3 heterocycles. The van der Waals surface area contributed by atoms with Gasteiger partial charge in [-0.05, 0) is 24.3 Å². The van der Waals surface area contributed by atoms with E-state index < -0.39 is 0 Å². The van der Waals surface area contributed by atoms with Gasteiger partial charge in [-0.25, -0.2) is 4.52 Å². The summed E-state index contributed by atoms with van der Waals surface area (Å²) in [6, 6.07) is 11.6. The highest BCUT2D eigenvalue weighted by atomic mass is 15.2. The van der Waals surface area contributed by atoms with E-state index in [1.807, 2.05) is 36.5 Å². The molecule has 1 N–H and O–H groups in total. The lowest BCUT2D eigenvalue weighted by Gasteiger charge is -2.10. The van der Waals surface area contributed by atoms with E-state index in [0.29, 0.717) is 17.0 Å². The van der Waals surface area contributed by atoms with Crippen LogP contribution in [0.4, 0.5) is 5.69 Å². The summed E-state index contributed by atoms with van der Waals surface area (Å²) in [5.74, 6) is 0. The number of fused-ring (bicyclic) bond motifs is 1. The smallest absolute Gasteiger partial charge is 0.130 e. The van der Waals surface area contributed by atoms with Gasteiger partial charge in [0.25, 0.3) is 0 Å². The van der Waals surface area contributed by atoms with Crippen LogP contribution in [0.15, 0.2) is 42.7 Å². The Morgan fingerprint density at radius 1 is 1.26 bits per heavy atom. The first-order chi connectivity index (χ1) is 9.35. The summed E-state index contributed by atoms with van der Waals surface area (Å²) in [5, 5.41) is 17.0. The fourth-order valence-electron chi connectivity index (χ4n) is 2.11. The Bertz CT molecular complexity index is 768. The van der Waals surface area contributed by atoms with Crippen molar-refractivity contribution in [2.45, 2.75) is 0 Å². The molecule has 0 atom stereocenters. The maximum Gasteiger partial charge on any atom is 0.130 e. The zero-order valence-electron chi connectivity index (χ0n) is 10.3. The van der Waals surface area contributed by atoms with Gasteiger partial charge < -0.3 is 5.32 Å². The van der Waals surface area contributed by atoms with Crippen LogP contribution in [0.3, 0.4) is 0 Å². The summed E-state index contributed by atoms with van der Waals surface area (Å²) >= 11 is 0. The second kappa shape index (κ2) is 4.42. The van der Waals surface area contributed by atoms with Gasteiger partial charge in [0.15, 0.2) is 0 Å². The standard InChI is InChI=1S/C14H11N5/c1-16-14-10(9-15)13(11-5-2-3-7-17-11)18-19-8-4-6-12(14)19/h2-8,16H,1H3. The fourth-order valence-corrected chi connectivity index (χ4v) is 2.11. The van der Waals surface area contributed by atoms with Crippen LogP contribution in [-0.2, 0) is 0 Å². The molecule has 0 saturated heterocycles. The Hall–Kier alpha value is -2.87. The highest BCUT2D eigenvalue weighted by Gasteiger charge is 2.16. The Labute approximate surface area is 110 Å². The molecule has 0 saturated carbocycles. The molecule has 0 aliphatic carbocycles. The molecule has 0 fully saturated rings. The summed E-state index contributed by atoms with van der Waals surface area (Å²) in [4.78, 5) is 4.27. The molecule has 0 unspecified atom stereocenters. The van der Waals surface area contributed by atoms with Gasteiger partial charge in [0, 0.05) is 19.4 Å². The van der Waals surface area contributed by atoms with Crippen LogP contribution in [0.5, 0.6) is 0 Å². The molecule has 0 radical (unpaired) electrons. The Kier molecular flexibility index (Phi) is 2.62. The highest BCUT2D eigenvalue weighted by Crippen LogP contribution is 2.28. The van der Waals surface area contributed by atoms with E-state index in [1.54, 1.807) is 17.8 Å². The molecule has 3 rings (SSSR count). The van der Waals surface area contributed by atoms with Crippen molar-refractivity contribution < 1.29 is 0 Å². The highest BCUT2D eigenvalue weighted by molar-refractivity contribution is 5.83. The topological polar surface area (TPSA) is 66.0 Å². The third kappa shape index (κ3) is 1.70. The van der Waals surface area contributed by atoms with E-state index >= 15 is 0 Å². The van der Waals surface area contributed by atoms with Crippen molar-refractivity contribution in [3.8, 4) is 17.5 Å². The molecule has 5 nitrogen and oxygen atoms in total. The summed E-state index contributed by atoms with van der Waals surface area (Å²) < 4.78 is 1.75. The first kappa shape index (κ1) is 11.2. The number of nitrogens with zero attached hydrogens (tertiary/aromatic N) is 4. The first-order valence-corrected chi connectivity index (χ1v) is 5.85. The molecule has 0 amide bonds. The SMILES string of the molecule is CNc1c(C#N)c(-c2ccccn2)nn2cccc12. The lowest BCUT2D eigenvalue weighted by atomic mass is 10.1. The first-order valence-electron chi connectivity index (χ1n) is 5.85. The molecular weight excluding hydrogens is 238 g/mol. The van der Waals surface area contributed by atoms with Gasteiger partial charge in [0.2, 0.25) is 0 Å². The quantitative estimate of drug-likeness (QED) is 0.756. The van der Waals surface area contributed by atoms with Crippen LogP contribution >= 0.6 is 0 Å². The summed E-state index contributed by atoms with van der Waals surface area (Å²) in [7, 11) is 1.80. The van der Waals surface area contributed by atoms with Crippen molar-refractivity contribution >= 4 is 11.2 Å². The van der Waals surface area contributed by atoms with Crippen LogP contribution in [0.2, 0.25) is 0 Å². The number of nitrogens with one attached hydrogen (secondary N) is 1. The molecule has 0 aromatic carbocycles. The molecule has 3 aromatic heterocycles. The number of anilines is 1. The van der Waals surface area contributed by atoms with E-state index in [2.05, 4.69) is 21.5 Å². The van der Waals surface area contributed by atoms with E-state index in [0.717, 1.165) is 11.2 Å². The van der Waals surface area contributed by atoms with Gasteiger partial charge in [-0.2, -0.15) is 10.4 Å². The van der Waals surface area contributed by atoms with Gasteiger partial charge in [-0.1, -0.05) is 6.07 Å². The van der Waals surface area contributed by atoms with Crippen LogP contribution in [-0.4, -0.2) is 21.6 Å². The van der Waals surface area contributed by atoms with E-state index in [4.69, 9.17) is 0 Å². The summed E-state index contributed by atoms with van der Waals surface area (Å²) in [5.41, 5.74) is 3.41. The number of rotatable bonds is 2. The monoisotopic (exact) mass is 249 g/mol. The van der Waals surface area contributed by atoms with Gasteiger partial charge in [-0.3, -0.25) is 4.98 Å². The van der Waals surface area contributed by atoms with Crippen molar-refractivity contribution in [3.05, 3.63) is 48.3 Å². The van der Waals surface area contributed by atoms with Gasteiger partial charge >= 0.3 is 0 Å². The predicted octanol–water partition coefficient (Wildman–Crippen LogP) is 2.31. The second-order valence-corrected chi connectivity index (χ2v) is 4.01. The minimum Gasteiger partial charge on any atom is -0.385 e. The molecule has 0 spiro atoms. The van der Waals surface area contributed by atoms with Gasteiger partial charge in [0.1, 0.15) is 17.3 Å². The van der Waals surface area contributed by atoms with E-state index in [-0.39, 0.29) is 0 Å². The number of aromatic nitrogens is 3. The molecular formula is C14H11N5. The molecule has 3 aromatic rings. The second-order valence-electron chi connectivity index (χ2n) is 4.01. The average molecular weight is 249 g/mol. The van der Waals surface area contributed by atoms with Crippen molar-refractivity contribution in [2.24, 2.45) is 0 Å². The minimum atomic E-state index is 0.507. The van der Waals surface area contributed by atoms with Crippen molar-refractivity contribution in [1.29, 1.82) is 5.26 Å². The average Bonchev–Trinajstić information content (AvgIpc) is 2.94.